The van der Waals surface area contributed by atoms with Crippen molar-refractivity contribution in [2.24, 2.45) is 0 Å². The summed E-state index contributed by atoms with van der Waals surface area (Å²) in [6, 6.07) is 5.72. The molecule has 6 rings (SSSR count). The van der Waals surface area contributed by atoms with Gasteiger partial charge in [0.1, 0.15) is 30.1 Å². The van der Waals surface area contributed by atoms with Crippen molar-refractivity contribution < 1.29 is 9.47 Å². The van der Waals surface area contributed by atoms with Crippen molar-refractivity contribution >= 4 is 45.7 Å². The third kappa shape index (κ3) is 5.53. The van der Waals surface area contributed by atoms with E-state index in [-0.39, 0.29) is 5.60 Å². The van der Waals surface area contributed by atoms with Crippen molar-refractivity contribution in [1.29, 1.82) is 0 Å². The number of imidazole rings is 1. The summed E-state index contributed by atoms with van der Waals surface area (Å²) in [5.74, 6) is 1.88. The molecule has 1 aliphatic carbocycles. The Labute approximate surface area is 228 Å². The lowest BCUT2D eigenvalue weighted by atomic mass is 10.2. The van der Waals surface area contributed by atoms with Gasteiger partial charge >= 0.3 is 0 Å². The maximum absolute atomic E-state index is 6.80. The van der Waals surface area contributed by atoms with Crippen LogP contribution in [0.15, 0.2) is 30.7 Å². The van der Waals surface area contributed by atoms with Crippen LogP contribution < -0.4 is 14.8 Å². The molecule has 37 heavy (non-hydrogen) atoms. The lowest BCUT2D eigenvalue weighted by Crippen LogP contribution is -2.44. The molecule has 12 heteroatoms. The molecule has 0 unspecified atom stereocenters. The van der Waals surface area contributed by atoms with Crippen molar-refractivity contribution in [2.45, 2.75) is 31.9 Å². The van der Waals surface area contributed by atoms with Crippen LogP contribution in [0.3, 0.4) is 0 Å². The maximum atomic E-state index is 6.80. The largest absolute Gasteiger partial charge is 0.492 e. The number of nitrogens with one attached hydrogen (secondary N) is 1. The fraction of sp³-hybridized carbons (Fsp3) is 0.440. The quantitative estimate of drug-likeness (QED) is 0.320. The van der Waals surface area contributed by atoms with Crippen molar-refractivity contribution in [3.63, 3.8) is 0 Å². The zero-order chi connectivity index (χ0) is 25.4. The lowest BCUT2D eigenvalue weighted by molar-refractivity contribution is 0.191. The van der Waals surface area contributed by atoms with Gasteiger partial charge in [-0.05, 0) is 38.0 Å². The normalized spacial score (nSPS) is 17.3. The monoisotopic (exact) mass is 559 g/mol. The van der Waals surface area contributed by atoms with E-state index in [4.69, 9.17) is 37.7 Å². The number of hydrogen-bond donors (Lipinski definition) is 1. The minimum absolute atomic E-state index is 0.197. The molecule has 1 saturated carbocycles. The van der Waals surface area contributed by atoms with E-state index < -0.39 is 0 Å². The van der Waals surface area contributed by atoms with E-state index in [1.54, 1.807) is 6.20 Å². The molecule has 9 nitrogen and oxygen atoms in total. The first-order valence-electron chi connectivity index (χ1n) is 12.3. The third-order valence-corrected chi connectivity index (χ3v) is 8.11. The number of benzene rings is 1. The van der Waals surface area contributed by atoms with Crippen LogP contribution in [0, 0.1) is 0 Å². The summed E-state index contributed by atoms with van der Waals surface area (Å²) in [6.45, 7) is 8.18. The fourth-order valence-electron chi connectivity index (χ4n) is 4.36. The molecule has 1 aliphatic heterocycles. The number of nitrogens with zero attached hydrogens (tertiary/aromatic N) is 6. The van der Waals surface area contributed by atoms with Gasteiger partial charge in [-0.3, -0.25) is 4.90 Å². The molecule has 0 radical (unpaired) electrons. The van der Waals surface area contributed by atoms with E-state index in [0.717, 1.165) is 61.8 Å². The molecule has 0 amide bonds. The fourth-order valence-corrected chi connectivity index (χ4v) is 5.59. The lowest BCUT2D eigenvalue weighted by Gasteiger charge is -2.26. The molecule has 1 N–H and O–H groups in total. The van der Waals surface area contributed by atoms with E-state index in [1.165, 1.54) is 17.7 Å². The average Bonchev–Trinajstić information content (AvgIpc) is 3.29. The first-order chi connectivity index (χ1) is 18.0. The molecular weight excluding hydrogens is 533 g/mol. The Bertz CT molecular complexity index is 1420. The number of aromatic nitrogens is 5. The van der Waals surface area contributed by atoms with Gasteiger partial charge in [0.15, 0.2) is 15.6 Å². The average molecular weight is 561 g/mol. The zero-order valence-corrected chi connectivity index (χ0v) is 22.7. The van der Waals surface area contributed by atoms with Crippen molar-refractivity contribution in [1.82, 2.24) is 34.7 Å². The Balaban J connectivity index is 1.31. The second-order valence-corrected chi connectivity index (χ2v) is 11.7. The number of thiazole rings is 1. The highest BCUT2D eigenvalue weighted by Crippen LogP contribution is 2.41. The number of fused-ring (bicyclic) bond motifs is 1. The van der Waals surface area contributed by atoms with Crippen molar-refractivity contribution in [3.8, 4) is 23.0 Å². The molecule has 2 fully saturated rings. The summed E-state index contributed by atoms with van der Waals surface area (Å²) in [7, 11) is 0. The van der Waals surface area contributed by atoms with Gasteiger partial charge in [0.25, 0.3) is 0 Å². The molecule has 194 valence electrons. The van der Waals surface area contributed by atoms with Crippen LogP contribution in [0.2, 0.25) is 9.49 Å². The molecule has 1 aromatic carbocycles. The van der Waals surface area contributed by atoms with Gasteiger partial charge in [-0.2, -0.15) is 4.98 Å². The summed E-state index contributed by atoms with van der Waals surface area (Å²) < 4.78 is 14.7. The van der Waals surface area contributed by atoms with Gasteiger partial charge in [-0.25, -0.2) is 15.0 Å². The highest BCUT2D eigenvalue weighted by molar-refractivity contribution is 7.15. The third-order valence-electron chi connectivity index (χ3n) is 6.70. The van der Waals surface area contributed by atoms with Crippen LogP contribution in [0.1, 0.15) is 24.6 Å². The summed E-state index contributed by atoms with van der Waals surface area (Å²) >= 11 is 14.3. The molecular formula is C25H27Cl2N7O2S. The van der Waals surface area contributed by atoms with E-state index in [0.29, 0.717) is 45.5 Å². The molecule has 3 aromatic heterocycles. The topological polar surface area (TPSA) is 90.2 Å². The Morgan fingerprint density at radius 2 is 1.97 bits per heavy atom. The standard InChI is InChI=1S/C25H27Cl2N7O2S/c1-25(4-5-25)36-23-20-22(30-15-31-23)34(14-17-13-29-24(27)37-17)21(32-20)18-3-2-16(12-19(18)26)35-11-10-33-8-6-28-7-9-33/h2-3,12-13,15,28H,4-11,14H2,1H3. The molecule has 0 atom stereocenters. The molecule has 2 aliphatic rings. The van der Waals surface area contributed by atoms with E-state index in [1.807, 2.05) is 22.8 Å². The van der Waals surface area contributed by atoms with E-state index in [2.05, 4.69) is 32.1 Å². The Kier molecular flexibility index (Phi) is 6.93. The second-order valence-electron chi connectivity index (χ2n) is 9.59. The molecule has 0 bridgehead atoms. The summed E-state index contributed by atoms with van der Waals surface area (Å²) in [5, 5.41) is 3.91. The molecule has 0 spiro atoms. The van der Waals surface area contributed by atoms with Crippen molar-refractivity contribution in [2.75, 3.05) is 39.3 Å². The van der Waals surface area contributed by atoms with Gasteiger partial charge in [0.05, 0.1) is 11.6 Å². The predicted molar refractivity (Wildman–Crippen MR) is 145 cm³/mol. The zero-order valence-electron chi connectivity index (χ0n) is 20.4. The van der Waals surface area contributed by atoms with Gasteiger partial charge in [0.2, 0.25) is 5.88 Å². The van der Waals surface area contributed by atoms with Crippen LogP contribution in [0.25, 0.3) is 22.6 Å². The maximum Gasteiger partial charge on any atom is 0.245 e. The van der Waals surface area contributed by atoms with Gasteiger partial charge in [-0.15, -0.1) is 11.3 Å². The highest BCUT2D eigenvalue weighted by Gasteiger charge is 2.41. The summed E-state index contributed by atoms with van der Waals surface area (Å²) in [6.07, 6.45) is 5.27. The number of rotatable bonds is 9. The molecule has 4 heterocycles. The second kappa shape index (κ2) is 10.3. The Morgan fingerprint density at radius 1 is 1.14 bits per heavy atom. The van der Waals surface area contributed by atoms with Crippen LogP contribution >= 0.6 is 34.5 Å². The number of hydrogen-bond acceptors (Lipinski definition) is 9. The SMILES string of the molecule is CC1(Oc2ncnc3c2nc(-c2ccc(OCCN4CCNCC4)cc2Cl)n3Cc2cnc(Cl)s2)CC1. The molecule has 1 saturated heterocycles. The highest BCUT2D eigenvalue weighted by atomic mass is 35.5. The van der Waals surface area contributed by atoms with Gasteiger partial charge < -0.3 is 19.4 Å². The predicted octanol–water partition coefficient (Wildman–Crippen LogP) is 4.52. The van der Waals surface area contributed by atoms with Gasteiger partial charge in [-0.1, -0.05) is 23.2 Å². The number of halogens is 2. The minimum atomic E-state index is -0.197. The first-order valence-corrected chi connectivity index (χ1v) is 13.9. The van der Waals surface area contributed by atoms with Crippen molar-refractivity contribution in [3.05, 3.63) is 45.1 Å². The molecule has 4 aromatic rings. The van der Waals surface area contributed by atoms with E-state index in [9.17, 15) is 0 Å². The first kappa shape index (κ1) is 24.8. The minimum Gasteiger partial charge on any atom is -0.492 e. The smallest absolute Gasteiger partial charge is 0.245 e. The van der Waals surface area contributed by atoms with Crippen LogP contribution in [-0.4, -0.2) is 74.3 Å². The van der Waals surface area contributed by atoms with Crippen LogP contribution in [-0.2, 0) is 6.54 Å². The number of ether oxygens (including phenoxy) is 2. The summed E-state index contributed by atoms with van der Waals surface area (Å²) in [5.41, 5.74) is 1.85. The summed E-state index contributed by atoms with van der Waals surface area (Å²) in [4.78, 5) is 21.5. The van der Waals surface area contributed by atoms with E-state index >= 15 is 0 Å². The van der Waals surface area contributed by atoms with Crippen LogP contribution in [0.4, 0.5) is 0 Å². The van der Waals surface area contributed by atoms with Crippen LogP contribution in [0.5, 0.6) is 11.6 Å². The Morgan fingerprint density at radius 3 is 2.70 bits per heavy atom. The number of piperazine rings is 1. The Hall–Kier alpha value is -2.50. The van der Waals surface area contributed by atoms with Gasteiger partial charge in [0, 0.05) is 49.4 Å².